The molecule has 0 unspecified atom stereocenters. The number of hydrogen-bond donors (Lipinski definition) is 0. The van der Waals surface area contributed by atoms with E-state index in [4.69, 9.17) is 0 Å². The van der Waals surface area contributed by atoms with E-state index in [1.165, 1.54) is 5.57 Å². The summed E-state index contributed by atoms with van der Waals surface area (Å²) in [7, 11) is 0. The Bertz CT molecular complexity index is 169. The summed E-state index contributed by atoms with van der Waals surface area (Å²) in [5.41, 5.74) is 1.25. The molecule has 0 aliphatic heterocycles. The second-order valence-electron chi connectivity index (χ2n) is 3.02. The van der Waals surface area contributed by atoms with Crippen LogP contribution in [0, 0.1) is 0 Å². The number of hydrogen-bond acceptors (Lipinski definition) is 1. The first kappa shape index (κ1) is 8.25. The van der Waals surface area contributed by atoms with Crippen LogP contribution in [0.2, 0.25) is 0 Å². The van der Waals surface area contributed by atoms with Crippen molar-refractivity contribution in [3.63, 3.8) is 0 Å². The van der Waals surface area contributed by atoms with Crippen LogP contribution in [0.5, 0.6) is 0 Å². The van der Waals surface area contributed by atoms with Gasteiger partial charge in [-0.25, -0.2) is 0 Å². The van der Waals surface area contributed by atoms with Crippen molar-refractivity contribution in [2.24, 2.45) is 0 Å². The molecule has 0 atom stereocenters. The first-order valence-corrected chi connectivity index (χ1v) is 4.12. The summed E-state index contributed by atoms with van der Waals surface area (Å²) in [6.07, 6.45) is 8.30. The van der Waals surface area contributed by atoms with E-state index in [-0.39, 0.29) is 0 Å². The third-order valence-electron chi connectivity index (χ3n) is 1.90. The van der Waals surface area contributed by atoms with Crippen molar-refractivity contribution >= 4 is 5.78 Å². The molecule has 0 aromatic carbocycles. The molecule has 1 nitrogen and oxygen atoms in total. The summed E-state index contributed by atoms with van der Waals surface area (Å²) in [5.74, 6) is 0.357. The van der Waals surface area contributed by atoms with Crippen LogP contribution in [-0.4, -0.2) is 5.78 Å². The van der Waals surface area contributed by atoms with E-state index in [0.717, 1.165) is 25.7 Å². The molecular formula is C10H14O. The van der Waals surface area contributed by atoms with E-state index in [1.807, 2.05) is 12.2 Å². The predicted molar refractivity (Wildman–Crippen MR) is 46.4 cm³/mol. The van der Waals surface area contributed by atoms with E-state index in [1.54, 1.807) is 0 Å². The van der Waals surface area contributed by atoms with Gasteiger partial charge in [-0.2, -0.15) is 0 Å². The molecule has 1 aliphatic rings. The summed E-state index contributed by atoms with van der Waals surface area (Å²) in [6, 6.07) is 0. The van der Waals surface area contributed by atoms with E-state index in [9.17, 15) is 4.79 Å². The van der Waals surface area contributed by atoms with Gasteiger partial charge in [0.1, 0.15) is 5.78 Å². The highest BCUT2D eigenvalue weighted by molar-refractivity contribution is 5.79. The van der Waals surface area contributed by atoms with Crippen molar-refractivity contribution in [1.29, 1.82) is 0 Å². The molecule has 0 aromatic rings. The molecule has 1 heteroatoms. The molecular weight excluding hydrogens is 136 g/mol. The zero-order chi connectivity index (χ0) is 8.10. The Balaban J connectivity index is 2.47. The minimum absolute atomic E-state index is 0.357. The number of Topliss-reactive ketones (excluding diaryl/α,β-unsaturated/α-hetero) is 1. The summed E-state index contributed by atoms with van der Waals surface area (Å²) in [6.45, 7) is 3.92. The Hall–Kier alpha value is -0.850. The third kappa shape index (κ3) is 3.17. The number of ketones is 1. The molecule has 1 rings (SSSR count). The van der Waals surface area contributed by atoms with Crippen LogP contribution >= 0.6 is 0 Å². The van der Waals surface area contributed by atoms with Crippen molar-refractivity contribution < 1.29 is 4.79 Å². The SMILES string of the molecule is C=C1C/C=C/CC(=O)CCC1. The van der Waals surface area contributed by atoms with Crippen molar-refractivity contribution in [3.05, 3.63) is 24.3 Å². The maximum Gasteiger partial charge on any atom is 0.136 e. The minimum atomic E-state index is 0.357. The lowest BCUT2D eigenvalue weighted by atomic mass is 10.1. The van der Waals surface area contributed by atoms with Gasteiger partial charge in [0.15, 0.2) is 0 Å². The Morgan fingerprint density at radius 3 is 2.73 bits per heavy atom. The molecule has 60 valence electrons. The number of carbonyl (C=O) groups excluding carboxylic acids is 1. The van der Waals surface area contributed by atoms with Crippen molar-refractivity contribution in [2.75, 3.05) is 0 Å². The summed E-state index contributed by atoms with van der Waals surface area (Å²) in [4.78, 5) is 11.0. The van der Waals surface area contributed by atoms with Gasteiger partial charge in [-0.1, -0.05) is 24.3 Å². The van der Waals surface area contributed by atoms with E-state index in [0.29, 0.717) is 12.2 Å². The molecule has 0 aromatic heterocycles. The molecule has 0 fully saturated rings. The van der Waals surface area contributed by atoms with Crippen molar-refractivity contribution in [1.82, 2.24) is 0 Å². The molecule has 11 heavy (non-hydrogen) atoms. The van der Waals surface area contributed by atoms with Gasteiger partial charge in [0.2, 0.25) is 0 Å². The normalized spacial score (nSPS) is 23.6. The first-order chi connectivity index (χ1) is 5.29. The number of rotatable bonds is 0. The molecule has 0 saturated carbocycles. The number of carbonyl (C=O) groups is 1. The van der Waals surface area contributed by atoms with E-state index in [2.05, 4.69) is 6.58 Å². The van der Waals surface area contributed by atoms with E-state index >= 15 is 0 Å². The van der Waals surface area contributed by atoms with Crippen LogP contribution in [0.1, 0.15) is 32.1 Å². The monoisotopic (exact) mass is 150 g/mol. The first-order valence-electron chi connectivity index (χ1n) is 4.12. The number of allylic oxidation sites excluding steroid dienone is 3. The lowest BCUT2D eigenvalue weighted by Gasteiger charge is -1.98. The topological polar surface area (TPSA) is 17.1 Å². The molecule has 0 radical (unpaired) electrons. The Morgan fingerprint density at radius 2 is 1.91 bits per heavy atom. The molecule has 0 bridgehead atoms. The van der Waals surface area contributed by atoms with Crippen LogP contribution in [0.3, 0.4) is 0 Å². The standard InChI is InChI=1S/C10H14O/c1-9-5-2-3-7-10(11)8-4-6-9/h2-3H,1,4-8H2/b3-2+. The lowest BCUT2D eigenvalue weighted by molar-refractivity contribution is -0.118. The fourth-order valence-electron chi connectivity index (χ4n) is 1.20. The van der Waals surface area contributed by atoms with E-state index < -0.39 is 0 Å². The van der Waals surface area contributed by atoms with Crippen LogP contribution in [-0.2, 0) is 4.79 Å². The quantitative estimate of drug-likeness (QED) is 0.485. The molecule has 0 heterocycles. The predicted octanol–water partition coefficient (Wildman–Crippen LogP) is 2.63. The molecule has 0 amide bonds. The summed E-state index contributed by atoms with van der Waals surface area (Å²) < 4.78 is 0. The highest BCUT2D eigenvalue weighted by Gasteiger charge is 2.02. The molecule has 0 saturated heterocycles. The zero-order valence-corrected chi connectivity index (χ0v) is 6.81. The van der Waals surface area contributed by atoms with Gasteiger partial charge < -0.3 is 0 Å². The van der Waals surface area contributed by atoms with Gasteiger partial charge in [-0.05, 0) is 19.3 Å². The van der Waals surface area contributed by atoms with Crippen molar-refractivity contribution in [2.45, 2.75) is 32.1 Å². The van der Waals surface area contributed by atoms with Gasteiger partial charge in [0, 0.05) is 12.8 Å². The fraction of sp³-hybridized carbons (Fsp3) is 0.500. The van der Waals surface area contributed by atoms with Crippen LogP contribution in [0.15, 0.2) is 24.3 Å². The van der Waals surface area contributed by atoms with Gasteiger partial charge in [0.25, 0.3) is 0 Å². The van der Waals surface area contributed by atoms with Gasteiger partial charge in [-0.15, -0.1) is 0 Å². The molecule has 0 N–H and O–H groups in total. The van der Waals surface area contributed by atoms with Gasteiger partial charge in [0.05, 0.1) is 0 Å². The van der Waals surface area contributed by atoms with Gasteiger partial charge >= 0.3 is 0 Å². The lowest BCUT2D eigenvalue weighted by Crippen LogP contribution is -1.94. The molecule has 1 aliphatic carbocycles. The van der Waals surface area contributed by atoms with Crippen LogP contribution in [0.4, 0.5) is 0 Å². The second kappa shape index (κ2) is 4.12. The maximum atomic E-state index is 11.0. The minimum Gasteiger partial charge on any atom is -0.299 e. The highest BCUT2D eigenvalue weighted by atomic mass is 16.1. The zero-order valence-electron chi connectivity index (χ0n) is 6.81. The van der Waals surface area contributed by atoms with Crippen molar-refractivity contribution in [3.8, 4) is 0 Å². The Labute approximate surface area is 67.8 Å². The average molecular weight is 150 g/mol. The Morgan fingerprint density at radius 1 is 1.18 bits per heavy atom. The largest absolute Gasteiger partial charge is 0.299 e. The summed E-state index contributed by atoms with van der Waals surface area (Å²) >= 11 is 0. The maximum absolute atomic E-state index is 11.0. The second-order valence-corrected chi connectivity index (χ2v) is 3.02. The van der Waals surface area contributed by atoms with Crippen LogP contribution < -0.4 is 0 Å². The summed E-state index contributed by atoms with van der Waals surface area (Å²) in [5, 5.41) is 0. The fourth-order valence-corrected chi connectivity index (χ4v) is 1.20. The highest BCUT2D eigenvalue weighted by Crippen LogP contribution is 2.13. The average Bonchev–Trinajstić information content (AvgIpc) is 2.04. The van der Waals surface area contributed by atoms with Crippen LogP contribution in [0.25, 0.3) is 0 Å². The third-order valence-corrected chi connectivity index (χ3v) is 1.90. The smallest absolute Gasteiger partial charge is 0.136 e. The van der Waals surface area contributed by atoms with Gasteiger partial charge in [-0.3, -0.25) is 4.79 Å². The Kier molecular flexibility index (Phi) is 3.09. The molecule has 0 spiro atoms.